The van der Waals surface area contributed by atoms with Gasteiger partial charge in [0.2, 0.25) is 5.88 Å². The van der Waals surface area contributed by atoms with E-state index in [0.29, 0.717) is 11.8 Å². The summed E-state index contributed by atoms with van der Waals surface area (Å²) in [5.74, 6) is 1.24. The van der Waals surface area contributed by atoms with Crippen LogP contribution in [0.3, 0.4) is 0 Å². The molecule has 0 saturated carbocycles. The smallest absolute Gasteiger partial charge is 0.232 e. The molecule has 4 heteroatoms. The van der Waals surface area contributed by atoms with Crippen molar-refractivity contribution in [2.45, 2.75) is 46.8 Å². The maximum Gasteiger partial charge on any atom is 0.232 e. The lowest BCUT2D eigenvalue weighted by Gasteiger charge is -2.15. The molecule has 0 aliphatic rings. The van der Waals surface area contributed by atoms with Gasteiger partial charge in [0.25, 0.3) is 0 Å². The van der Waals surface area contributed by atoms with E-state index < -0.39 is 0 Å². The fourth-order valence-corrected chi connectivity index (χ4v) is 1.67. The number of ether oxygens (including phenoxy) is 1. The van der Waals surface area contributed by atoms with Gasteiger partial charge in [-0.2, -0.15) is 0 Å². The summed E-state index contributed by atoms with van der Waals surface area (Å²) in [7, 11) is 0. The second kappa shape index (κ2) is 7.22. The van der Waals surface area contributed by atoms with Gasteiger partial charge in [0.15, 0.2) is 0 Å². The van der Waals surface area contributed by atoms with Crippen molar-refractivity contribution in [3.05, 3.63) is 18.1 Å². The summed E-state index contributed by atoms with van der Waals surface area (Å²) in [6.07, 6.45) is 4.67. The average Bonchev–Trinajstić information content (AvgIpc) is 2.27. The van der Waals surface area contributed by atoms with Gasteiger partial charge in [0.05, 0.1) is 24.2 Å². The van der Waals surface area contributed by atoms with Gasteiger partial charge in [-0.3, -0.25) is 4.98 Å². The highest BCUT2D eigenvalue weighted by Crippen LogP contribution is 2.12. The van der Waals surface area contributed by atoms with E-state index in [1.165, 1.54) is 0 Å². The molecule has 96 valence electrons. The van der Waals surface area contributed by atoms with Gasteiger partial charge in [0, 0.05) is 6.54 Å². The maximum absolute atomic E-state index is 5.69. The van der Waals surface area contributed by atoms with Crippen LogP contribution in [0.15, 0.2) is 12.4 Å². The molecule has 0 fully saturated rings. The molecular weight excluding hydrogens is 214 g/mol. The summed E-state index contributed by atoms with van der Waals surface area (Å²) in [4.78, 5) is 8.55. The van der Waals surface area contributed by atoms with Crippen molar-refractivity contribution in [3.63, 3.8) is 0 Å². The number of aromatic nitrogens is 2. The van der Waals surface area contributed by atoms with E-state index in [4.69, 9.17) is 4.74 Å². The quantitative estimate of drug-likeness (QED) is 0.791. The van der Waals surface area contributed by atoms with E-state index >= 15 is 0 Å². The Morgan fingerprint density at radius 2 is 2.00 bits per heavy atom. The molecule has 4 nitrogen and oxygen atoms in total. The predicted octanol–water partition coefficient (Wildman–Crippen LogP) is 2.40. The van der Waals surface area contributed by atoms with Crippen LogP contribution >= 0.6 is 0 Å². The SMILES string of the molecule is CCNCc1cnc(OC(C)CC(C)C)cn1. The second-order valence-corrected chi connectivity index (χ2v) is 4.68. The van der Waals surface area contributed by atoms with Gasteiger partial charge in [-0.25, -0.2) is 4.98 Å². The standard InChI is InChI=1S/C13H23N3O/c1-5-14-7-12-8-16-13(9-15-12)17-11(4)6-10(2)3/h8-11,14H,5-7H2,1-4H3. The molecule has 0 radical (unpaired) electrons. The molecule has 0 amide bonds. The average molecular weight is 237 g/mol. The van der Waals surface area contributed by atoms with Crippen LogP contribution < -0.4 is 10.1 Å². The van der Waals surface area contributed by atoms with Crippen LogP contribution in [0.25, 0.3) is 0 Å². The molecular formula is C13H23N3O. The Kier molecular flexibility index (Phi) is 5.91. The number of hydrogen-bond donors (Lipinski definition) is 1. The van der Waals surface area contributed by atoms with Crippen molar-refractivity contribution < 1.29 is 4.74 Å². The molecule has 0 spiro atoms. The first-order chi connectivity index (χ1) is 8.11. The van der Waals surface area contributed by atoms with E-state index in [1.807, 2.05) is 0 Å². The minimum absolute atomic E-state index is 0.184. The zero-order chi connectivity index (χ0) is 12.7. The van der Waals surface area contributed by atoms with E-state index in [-0.39, 0.29) is 6.10 Å². The van der Waals surface area contributed by atoms with Crippen LogP contribution in [-0.2, 0) is 6.54 Å². The summed E-state index contributed by atoms with van der Waals surface area (Å²) in [6, 6.07) is 0. The highest BCUT2D eigenvalue weighted by molar-refractivity contribution is 5.07. The summed E-state index contributed by atoms with van der Waals surface area (Å²) < 4.78 is 5.69. The van der Waals surface area contributed by atoms with Gasteiger partial charge in [-0.15, -0.1) is 0 Å². The van der Waals surface area contributed by atoms with E-state index in [2.05, 4.69) is 43.0 Å². The van der Waals surface area contributed by atoms with Crippen molar-refractivity contribution in [1.82, 2.24) is 15.3 Å². The zero-order valence-corrected chi connectivity index (χ0v) is 11.2. The Balaban J connectivity index is 2.44. The van der Waals surface area contributed by atoms with Crippen molar-refractivity contribution >= 4 is 0 Å². The molecule has 0 saturated heterocycles. The van der Waals surface area contributed by atoms with Crippen LogP contribution in [0.5, 0.6) is 5.88 Å². The Bertz CT molecular complexity index is 311. The first-order valence-corrected chi connectivity index (χ1v) is 6.30. The van der Waals surface area contributed by atoms with E-state index in [9.17, 15) is 0 Å². The Labute approximate surface area is 104 Å². The summed E-state index contributed by atoms with van der Waals surface area (Å²) in [6.45, 7) is 10.2. The van der Waals surface area contributed by atoms with Crippen LogP contribution in [-0.4, -0.2) is 22.6 Å². The maximum atomic E-state index is 5.69. The molecule has 1 heterocycles. The van der Waals surface area contributed by atoms with Crippen LogP contribution in [0.1, 0.15) is 39.8 Å². The van der Waals surface area contributed by atoms with E-state index in [1.54, 1.807) is 12.4 Å². The predicted molar refractivity (Wildman–Crippen MR) is 69.0 cm³/mol. The van der Waals surface area contributed by atoms with Crippen molar-refractivity contribution in [2.24, 2.45) is 5.92 Å². The molecule has 1 N–H and O–H groups in total. The minimum Gasteiger partial charge on any atom is -0.474 e. The number of nitrogens with one attached hydrogen (secondary N) is 1. The van der Waals surface area contributed by atoms with Gasteiger partial charge in [-0.1, -0.05) is 20.8 Å². The Morgan fingerprint density at radius 3 is 2.53 bits per heavy atom. The molecule has 1 rings (SSSR count). The molecule has 17 heavy (non-hydrogen) atoms. The lowest BCUT2D eigenvalue weighted by molar-refractivity contribution is 0.185. The second-order valence-electron chi connectivity index (χ2n) is 4.68. The van der Waals surface area contributed by atoms with Gasteiger partial charge in [-0.05, 0) is 25.8 Å². The van der Waals surface area contributed by atoms with Crippen molar-refractivity contribution in [1.29, 1.82) is 0 Å². The highest BCUT2D eigenvalue weighted by Gasteiger charge is 2.07. The third-order valence-electron chi connectivity index (χ3n) is 2.36. The van der Waals surface area contributed by atoms with Crippen molar-refractivity contribution in [3.8, 4) is 5.88 Å². The molecule has 1 aromatic heterocycles. The fraction of sp³-hybridized carbons (Fsp3) is 0.692. The molecule has 0 aliphatic heterocycles. The Hall–Kier alpha value is -1.16. The summed E-state index contributed by atoms with van der Waals surface area (Å²) in [5.41, 5.74) is 0.940. The van der Waals surface area contributed by atoms with Gasteiger partial charge < -0.3 is 10.1 Å². The molecule has 0 aliphatic carbocycles. The van der Waals surface area contributed by atoms with Crippen molar-refractivity contribution in [2.75, 3.05) is 6.54 Å². The molecule has 0 bridgehead atoms. The Morgan fingerprint density at radius 1 is 1.24 bits per heavy atom. The third-order valence-corrected chi connectivity index (χ3v) is 2.36. The monoisotopic (exact) mass is 237 g/mol. The minimum atomic E-state index is 0.184. The number of hydrogen-bond acceptors (Lipinski definition) is 4. The highest BCUT2D eigenvalue weighted by atomic mass is 16.5. The molecule has 1 unspecified atom stereocenters. The zero-order valence-electron chi connectivity index (χ0n) is 11.2. The van der Waals surface area contributed by atoms with Crippen LogP contribution in [0, 0.1) is 5.92 Å². The molecule has 1 atom stereocenters. The number of nitrogens with zero attached hydrogens (tertiary/aromatic N) is 2. The lowest BCUT2D eigenvalue weighted by Crippen LogP contribution is -2.16. The molecule has 1 aromatic rings. The summed E-state index contributed by atoms with van der Waals surface area (Å²) >= 11 is 0. The fourth-order valence-electron chi connectivity index (χ4n) is 1.67. The van der Waals surface area contributed by atoms with E-state index in [0.717, 1.165) is 25.2 Å². The summed E-state index contributed by atoms with van der Waals surface area (Å²) in [5, 5.41) is 3.21. The van der Waals surface area contributed by atoms with Crippen LogP contribution in [0.2, 0.25) is 0 Å². The topological polar surface area (TPSA) is 47.0 Å². The van der Waals surface area contributed by atoms with Gasteiger partial charge >= 0.3 is 0 Å². The lowest BCUT2D eigenvalue weighted by atomic mass is 10.1. The van der Waals surface area contributed by atoms with Crippen LogP contribution in [0.4, 0.5) is 0 Å². The van der Waals surface area contributed by atoms with Gasteiger partial charge in [0.1, 0.15) is 0 Å². The molecule has 0 aromatic carbocycles. The largest absolute Gasteiger partial charge is 0.474 e. The normalized spacial score (nSPS) is 12.8. The first kappa shape index (κ1) is 13.9. The third kappa shape index (κ3) is 5.63. The number of rotatable bonds is 7. The first-order valence-electron chi connectivity index (χ1n) is 6.30.